The third-order valence-electron chi connectivity index (χ3n) is 3.63. The molecule has 2 rings (SSSR count). The number of benzene rings is 1. The molecule has 1 atom stereocenters. The van der Waals surface area contributed by atoms with Gasteiger partial charge in [-0.3, -0.25) is 9.69 Å². The zero-order valence-corrected chi connectivity index (χ0v) is 11.0. The van der Waals surface area contributed by atoms with Gasteiger partial charge in [-0.1, -0.05) is 12.1 Å². The molecular formula is C14H21N3O. The SMILES string of the molecule is CC(C1CC1)N(C)CC(=O)Nc1ccccc1N. The summed E-state index contributed by atoms with van der Waals surface area (Å²) in [5.41, 5.74) is 7.08. The van der Waals surface area contributed by atoms with Gasteiger partial charge in [-0.25, -0.2) is 0 Å². The molecule has 4 nitrogen and oxygen atoms in total. The Morgan fingerprint density at radius 2 is 2.17 bits per heavy atom. The number of nitrogen functional groups attached to an aromatic ring is 1. The van der Waals surface area contributed by atoms with Crippen LogP contribution in [0, 0.1) is 5.92 Å². The van der Waals surface area contributed by atoms with Crippen LogP contribution in [0.5, 0.6) is 0 Å². The lowest BCUT2D eigenvalue weighted by molar-refractivity contribution is -0.117. The Hall–Kier alpha value is -1.55. The highest BCUT2D eigenvalue weighted by Crippen LogP contribution is 2.34. The van der Waals surface area contributed by atoms with Crippen LogP contribution in [0.15, 0.2) is 24.3 Å². The van der Waals surface area contributed by atoms with E-state index in [-0.39, 0.29) is 5.91 Å². The molecule has 18 heavy (non-hydrogen) atoms. The van der Waals surface area contributed by atoms with E-state index in [4.69, 9.17) is 5.73 Å². The van der Waals surface area contributed by atoms with Crippen molar-refractivity contribution >= 4 is 17.3 Å². The van der Waals surface area contributed by atoms with Crippen LogP contribution in [0.2, 0.25) is 0 Å². The van der Waals surface area contributed by atoms with Crippen molar-refractivity contribution in [2.75, 3.05) is 24.6 Å². The lowest BCUT2D eigenvalue weighted by Gasteiger charge is -2.23. The number of nitrogens with zero attached hydrogens (tertiary/aromatic N) is 1. The average Bonchev–Trinajstić information content (AvgIpc) is 3.15. The molecule has 0 aliphatic heterocycles. The second-order valence-electron chi connectivity index (χ2n) is 5.13. The fourth-order valence-electron chi connectivity index (χ4n) is 2.11. The van der Waals surface area contributed by atoms with Crippen molar-refractivity contribution in [3.63, 3.8) is 0 Å². The third kappa shape index (κ3) is 3.23. The van der Waals surface area contributed by atoms with E-state index in [1.54, 1.807) is 6.07 Å². The van der Waals surface area contributed by atoms with Crippen LogP contribution >= 0.6 is 0 Å². The van der Waals surface area contributed by atoms with Crippen molar-refractivity contribution in [2.24, 2.45) is 5.92 Å². The number of rotatable bonds is 5. The van der Waals surface area contributed by atoms with E-state index in [1.807, 2.05) is 25.2 Å². The predicted molar refractivity (Wildman–Crippen MR) is 74.3 cm³/mol. The molecule has 3 N–H and O–H groups in total. The Morgan fingerprint density at radius 1 is 1.50 bits per heavy atom. The van der Waals surface area contributed by atoms with E-state index >= 15 is 0 Å². The first kappa shape index (κ1) is 12.9. The highest BCUT2D eigenvalue weighted by molar-refractivity contribution is 5.95. The minimum Gasteiger partial charge on any atom is -0.397 e. The maximum atomic E-state index is 11.9. The van der Waals surface area contributed by atoms with E-state index < -0.39 is 0 Å². The van der Waals surface area contributed by atoms with Gasteiger partial charge in [0.1, 0.15) is 0 Å². The minimum atomic E-state index is -0.0112. The number of nitrogens with one attached hydrogen (secondary N) is 1. The van der Waals surface area contributed by atoms with Crippen molar-refractivity contribution in [3.05, 3.63) is 24.3 Å². The van der Waals surface area contributed by atoms with Gasteiger partial charge in [0.25, 0.3) is 0 Å². The number of nitrogens with two attached hydrogens (primary N) is 1. The monoisotopic (exact) mass is 247 g/mol. The Morgan fingerprint density at radius 3 is 2.78 bits per heavy atom. The van der Waals surface area contributed by atoms with Crippen molar-refractivity contribution < 1.29 is 4.79 Å². The predicted octanol–water partition coefficient (Wildman–Crippen LogP) is 1.94. The largest absolute Gasteiger partial charge is 0.397 e. The maximum absolute atomic E-state index is 11.9. The summed E-state index contributed by atoms with van der Waals surface area (Å²) in [6, 6.07) is 7.79. The van der Waals surface area contributed by atoms with Gasteiger partial charge in [0.2, 0.25) is 5.91 Å². The number of carbonyl (C=O) groups is 1. The molecule has 1 saturated carbocycles. The van der Waals surface area contributed by atoms with Crippen molar-refractivity contribution in [1.82, 2.24) is 4.90 Å². The quantitative estimate of drug-likeness (QED) is 0.782. The van der Waals surface area contributed by atoms with E-state index in [1.165, 1.54) is 12.8 Å². The summed E-state index contributed by atoms with van der Waals surface area (Å²) in [4.78, 5) is 14.0. The van der Waals surface area contributed by atoms with Crippen LogP contribution < -0.4 is 11.1 Å². The molecule has 1 aromatic rings. The molecule has 1 fully saturated rings. The second-order valence-corrected chi connectivity index (χ2v) is 5.13. The van der Waals surface area contributed by atoms with E-state index in [0.717, 1.165) is 5.92 Å². The minimum absolute atomic E-state index is 0.0112. The zero-order chi connectivity index (χ0) is 13.1. The van der Waals surface area contributed by atoms with Crippen LogP contribution in [0.4, 0.5) is 11.4 Å². The van der Waals surface area contributed by atoms with Gasteiger partial charge in [-0.15, -0.1) is 0 Å². The first-order valence-electron chi connectivity index (χ1n) is 6.42. The molecule has 0 spiro atoms. The molecule has 1 aromatic carbocycles. The van der Waals surface area contributed by atoms with Crippen molar-refractivity contribution in [2.45, 2.75) is 25.8 Å². The Balaban J connectivity index is 1.86. The normalized spacial score (nSPS) is 16.6. The summed E-state index contributed by atoms with van der Waals surface area (Å²) in [7, 11) is 2.00. The zero-order valence-electron chi connectivity index (χ0n) is 11.0. The lowest BCUT2D eigenvalue weighted by atomic mass is 10.2. The van der Waals surface area contributed by atoms with Crippen LogP contribution in [0.25, 0.3) is 0 Å². The number of hydrogen-bond acceptors (Lipinski definition) is 3. The molecular weight excluding hydrogens is 226 g/mol. The van der Waals surface area contributed by atoms with Gasteiger partial charge in [0.15, 0.2) is 0 Å². The van der Waals surface area contributed by atoms with Crippen molar-refractivity contribution in [1.29, 1.82) is 0 Å². The molecule has 1 aliphatic rings. The Bertz CT molecular complexity index is 429. The molecule has 0 heterocycles. The number of amides is 1. The topological polar surface area (TPSA) is 58.4 Å². The molecule has 0 radical (unpaired) electrons. The van der Waals surface area contributed by atoms with Gasteiger partial charge in [0.05, 0.1) is 17.9 Å². The summed E-state index contributed by atoms with van der Waals surface area (Å²) in [5, 5.41) is 2.85. The lowest BCUT2D eigenvalue weighted by Crippen LogP contribution is -2.37. The summed E-state index contributed by atoms with van der Waals surface area (Å²) >= 11 is 0. The Labute approximate surface area is 108 Å². The number of anilines is 2. The highest BCUT2D eigenvalue weighted by Gasteiger charge is 2.30. The number of hydrogen-bond donors (Lipinski definition) is 2. The maximum Gasteiger partial charge on any atom is 0.238 e. The van der Waals surface area contributed by atoms with Crippen LogP contribution in [0.1, 0.15) is 19.8 Å². The first-order chi connectivity index (χ1) is 8.58. The van der Waals surface area contributed by atoms with Crippen LogP contribution in [0.3, 0.4) is 0 Å². The third-order valence-corrected chi connectivity index (χ3v) is 3.63. The number of carbonyl (C=O) groups excluding carboxylic acids is 1. The smallest absolute Gasteiger partial charge is 0.238 e. The molecule has 4 heteroatoms. The van der Waals surface area contributed by atoms with Gasteiger partial charge in [-0.05, 0) is 44.9 Å². The molecule has 0 aromatic heterocycles. The standard InChI is InChI=1S/C14H21N3O/c1-10(11-7-8-11)17(2)9-14(18)16-13-6-4-3-5-12(13)15/h3-6,10-11H,7-9,15H2,1-2H3,(H,16,18). The fourth-order valence-corrected chi connectivity index (χ4v) is 2.11. The summed E-state index contributed by atoms with van der Waals surface area (Å²) in [6.07, 6.45) is 2.58. The second kappa shape index (κ2) is 5.40. The first-order valence-corrected chi connectivity index (χ1v) is 6.42. The molecule has 1 amide bonds. The van der Waals surface area contributed by atoms with Crippen molar-refractivity contribution in [3.8, 4) is 0 Å². The van der Waals surface area contributed by atoms with Gasteiger partial charge < -0.3 is 11.1 Å². The highest BCUT2D eigenvalue weighted by atomic mass is 16.2. The number of likely N-dealkylation sites (N-methyl/N-ethyl adjacent to an activating group) is 1. The van der Waals surface area contributed by atoms with Gasteiger partial charge in [0, 0.05) is 6.04 Å². The fraction of sp³-hybridized carbons (Fsp3) is 0.500. The Kier molecular flexibility index (Phi) is 3.87. The number of para-hydroxylation sites is 2. The summed E-state index contributed by atoms with van der Waals surface area (Å²) < 4.78 is 0. The molecule has 0 saturated heterocycles. The summed E-state index contributed by atoms with van der Waals surface area (Å²) in [5.74, 6) is 0.757. The van der Waals surface area contributed by atoms with Gasteiger partial charge >= 0.3 is 0 Å². The van der Waals surface area contributed by atoms with Crippen LogP contribution in [-0.4, -0.2) is 30.4 Å². The van der Waals surface area contributed by atoms with E-state index in [0.29, 0.717) is 24.0 Å². The average molecular weight is 247 g/mol. The molecule has 0 bridgehead atoms. The molecule has 98 valence electrons. The summed E-state index contributed by atoms with van der Waals surface area (Å²) in [6.45, 7) is 2.59. The molecule has 1 unspecified atom stereocenters. The van der Waals surface area contributed by atoms with Crippen LogP contribution in [-0.2, 0) is 4.79 Å². The van der Waals surface area contributed by atoms with Gasteiger partial charge in [-0.2, -0.15) is 0 Å². The molecule has 1 aliphatic carbocycles. The van der Waals surface area contributed by atoms with E-state index in [2.05, 4.69) is 17.1 Å². The van der Waals surface area contributed by atoms with E-state index in [9.17, 15) is 4.79 Å².